The first-order chi connectivity index (χ1) is 16.7. The van der Waals surface area contributed by atoms with Crippen LogP contribution in [-0.2, 0) is 19.1 Å². The Morgan fingerprint density at radius 1 is 1.09 bits per heavy atom. The Bertz CT molecular complexity index is 1050. The number of hydrogen-bond acceptors (Lipinski definition) is 5. The Balaban J connectivity index is 1.45. The number of carbonyl (C=O) groups is 3. The fourth-order valence-corrected chi connectivity index (χ4v) is 6.63. The van der Waals surface area contributed by atoms with Gasteiger partial charge in [-0.15, -0.1) is 0 Å². The van der Waals surface area contributed by atoms with Gasteiger partial charge in [-0.05, 0) is 0 Å². The summed E-state index contributed by atoms with van der Waals surface area (Å²) in [5.41, 5.74) is 0.729. The summed E-state index contributed by atoms with van der Waals surface area (Å²) < 4.78 is 12.0. The van der Waals surface area contributed by atoms with Crippen LogP contribution in [0.25, 0.3) is 0 Å². The van der Waals surface area contributed by atoms with Crippen LogP contribution >= 0.6 is 0 Å². The Labute approximate surface area is 212 Å². The molecule has 0 aliphatic carbocycles. The van der Waals surface area contributed by atoms with Crippen LogP contribution in [0, 0.1) is 0 Å². The minimum absolute atomic E-state index is 0.0757. The summed E-state index contributed by atoms with van der Waals surface area (Å²) in [5.74, 6) is -0.323. The predicted octanol–water partition coefficient (Wildman–Crippen LogP) is 2.82. The molecule has 2 aromatic carbocycles. The van der Waals surface area contributed by atoms with Crippen molar-refractivity contribution in [2.24, 2.45) is 0 Å². The molecule has 2 aliphatic heterocycles. The number of anilines is 2. The van der Waals surface area contributed by atoms with Gasteiger partial charge in [-0.3, -0.25) is 0 Å². The average molecular weight is 545 g/mol. The van der Waals surface area contributed by atoms with Crippen molar-refractivity contribution in [3.05, 3.63) is 54.6 Å². The summed E-state index contributed by atoms with van der Waals surface area (Å²) in [4.78, 5) is 41.8. The Morgan fingerprint density at radius 3 is 2.46 bits per heavy atom. The number of morpholine rings is 1. The maximum atomic E-state index is 13.3. The molecular weight excluding hydrogens is 513 g/mol. The fourth-order valence-electron chi connectivity index (χ4n) is 4.09. The SMILES string of the molecule is CC(C)(C)OC(=O)N1C[C@H]([Se]c2ccccc2)CC1C(=O)Nc1ccc(N2CCOCC2=O)cc1. The van der Waals surface area contributed by atoms with E-state index in [9.17, 15) is 14.4 Å². The molecule has 0 spiro atoms. The van der Waals surface area contributed by atoms with Crippen LogP contribution < -0.4 is 14.7 Å². The number of benzene rings is 2. The van der Waals surface area contributed by atoms with Crippen molar-refractivity contribution in [3.8, 4) is 0 Å². The van der Waals surface area contributed by atoms with Crippen molar-refractivity contribution in [1.82, 2.24) is 4.90 Å². The van der Waals surface area contributed by atoms with E-state index in [-0.39, 0.29) is 38.2 Å². The summed E-state index contributed by atoms with van der Waals surface area (Å²) in [5, 5.41) is 2.95. The standard InChI is InChI=1S/C26H31N3O5Se/c1-26(2,3)34-25(32)29-16-21(35-20-7-5-4-6-8-20)15-22(29)24(31)27-18-9-11-19(12-10-18)28-13-14-33-17-23(28)30/h4-12,21-22H,13-17H2,1-3H3,(H,27,31)/t21-,22?/m1/s1. The van der Waals surface area contributed by atoms with Crippen LogP contribution in [-0.4, -0.2) is 75.7 Å². The second kappa shape index (κ2) is 10.8. The van der Waals surface area contributed by atoms with E-state index in [4.69, 9.17) is 9.47 Å². The zero-order valence-electron chi connectivity index (χ0n) is 20.2. The molecule has 2 aromatic rings. The number of nitrogens with one attached hydrogen (secondary N) is 1. The van der Waals surface area contributed by atoms with Crippen LogP contribution in [0.15, 0.2) is 54.6 Å². The van der Waals surface area contributed by atoms with Gasteiger partial charge in [0.25, 0.3) is 0 Å². The summed E-state index contributed by atoms with van der Waals surface area (Å²) in [7, 11) is 0. The summed E-state index contributed by atoms with van der Waals surface area (Å²) in [6.07, 6.45) is 0.116. The molecule has 4 rings (SSSR count). The fraction of sp³-hybridized carbons (Fsp3) is 0.423. The van der Waals surface area contributed by atoms with E-state index >= 15 is 0 Å². The van der Waals surface area contributed by atoms with Crippen LogP contribution in [0.3, 0.4) is 0 Å². The summed E-state index contributed by atoms with van der Waals surface area (Å²) in [6.45, 7) is 7.03. The van der Waals surface area contributed by atoms with Crippen molar-refractivity contribution < 1.29 is 23.9 Å². The molecule has 0 bridgehead atoms. The topological polar surface area (TPSA) is 88.2 Å². The number of likely N-dealkylation sites (tertiary alicyclic amines) is 1. The number of carbonyl (C=O) groups excluding carboxylic acids is 3. The van der Waals surface area contributed by atoms with Gasteiger partial charge >= 0.3 is 207 Å². The molecule has 8 nitrogen and oxygen atoms in total. The van der Waals surface area contributed by atoms with E-state index in [0.717, 1.165) is 5.69 Å². The molecule has 1 N–H and O–H groups in total. The van der Waals surface area contributed by atoms with Crippen molar-refractivity contribution in [1.29, 1.82) is 0 Å². The molecule has 35 heavy (non-hydrogen) atoms. The minimum atomic E-state index is -0.645. The molecule has 9 heteroatoms. The second-order valence-corrected chi connectivity index (χ2v) is 12.5. The van der Waals surface area contributed by atoms with Gasteiger partial charge in [0.15, 0.2) is 0 Å². The van der Waals surface area contributed by atoms with Gasteiger partial charge in [0.1, 0.15) is 0 Å². The number of nitrogens with zero attached hydrogens (tertiary/aromatic N) is 2. The summed E-state index contributed by atoms with van der Waals surface area (Å²) >= 11 is 0.128. The first-order valence-corrected chi connectivity index (χ1v) is 13.5. The third-order valence-electron chi connectivity index (χ3n) is 5.67. The predicted molar refractivity (Wildman–Crippen MR) is 135 cm³/mol. The monoisotopic (exact) mass is 545 g/mol. The van der Waals surface area contributed by atoms with Crippen molar-refractivity contribution in [2.75, 3.05) is 36.5 Å². The van der Waals surface area contributed by atoms with Gasteiger partial charge in [0.2, 0.25) is 0 Å². The van der Waals surface area contributed by atoms with Gasteiger partial charge in [-0.2, -0.15) is 0 Å². The summed E-state index contributed by atoms with van der Waals surface area (Å²) in [6, 6.07) is 16.7. The van der Waals surface area contributed by atoms with Crippen LogP contribution in [0.2, 0.25) is 4.82 Å². The Kier molecular flexibility index (Phi) is 7.79. The van der Waals surface area contributed by atoms with E-state index in [1.54, 1.807) is 34.1 Å². The van der Waals surface area contributed by atoms with Gasteiger partial charge in [-0.25, -0.2) is 0 Å². The first kappa shape index (κ1) is 25.2. The third kappa shape index (κ3) is 6.63. The number of amides is 3. The van der Waals surface area contributed by atoms with Crippen molar-refractivity contribution >= 4 is 48.7 Å². The molecule has 0 radical (unpaired) electrons. The molecule has 0 aromatic heterocycles. The van der Waals surface area contributed by atoms with Crippen molar-refractivity contribution in [3.63, 3.8) is 0 Å². The first-order valence-electron chi connectivity index (χ1n) is 11.7. The molecule has 1 unspecified atom stereocenters. The molecule has 186 valence electrons. The van der Waals surface area contributed by atoms with E-state index in [1.807, 2.05) is 39.0 Å². The quantitative estimate of drug-likeness (QED) is 0.585. The van der Waals surface area contributed by atoms with E-state index < -0.39 is 17.7 Å². The number of ether oxygens (including phenoxy) is 2. The van der Waals surface area contributed by atoms with Gasteiger partial charge < -0.3 is 4.74 Å². The molecule has 2 fully saturated rings. The van der Waals surface area contributed by atoms with Gasteiger partial charge in [0.05, 0.1) is 0 Å². The maximum absolute atomic E-state index is 13.3. The molecule has 3 amide bonds. The molecule has 2 heterocycles. The van der Waals surface area contributed by atoms with Gasteiger partial charge in [-0.1, -0.05) is 0 Å². The second-order valence-electron chi connectivity index (χ2n) is 9.57. The number of rotatable bonds is 5. The molecular formula is C26H31N3O5Se. The van der Waals surface area contributed by atoms with E-state index in [0.29, 0.717) is 31.8 Å². The average Bonchev–Trinajstić information content (AvgIpc) is 3.24. The van der Waals surface area contributed by atoms with Crippen LogP contribution in [0.4, 0.5) is 16.2 Å². The number of hydrogen-bond donors (Lipinski definition) is 1. The molecule has 2 saturated heterocycles. The zero-order valence-corrected chi connectivity index (χ0v) is 21.9. The van der Waals surface area contributed by atoms with Crippen LogP contribution in [0.5, 0.6) is 0 Å². The Hall–Kier alpha value is -2.87. The normalized spacial score (nSPS) is 20.6. The van der Waals surface area contributed by atoms with Crippen LogP contribution in [0.1, 0.15) is 27.2 Å². The zero-order chi connectivity index (χ0) is 25.0. The molecule has 0 saturated carbocycles. The molecule has 2 atom stereocenters. The van der Waals surface area contributed by atoms with Crippen molar-refractivity contribution in [2.45, 2.75) is 43.7 Å². The third-order valence-corrected chi connectivity index (χ3v) is 8.23. The Morgan fingerprint density at radius 2 is 1.80 bits per heavy atom. The van der Waals surface area contributed by atoms with Gasteiger partial charge in [0, 0.05) is 0 Å². The van der Waals surface area contributed by atoms with E-state index in [1.165, 1.54) is 4.46 Å². The van der Waals surface area contributed by atoms with E-state index in [2.05, 4.69) is 17.4 Å². The molecule has 2 aliphatic rings.